The fourth-order valence-corrected chi connectivity index (χ4v) is 2.15. The summed E-state index contributed by atoms with van der Waals surface area (Å²) in [7, 11) is 0. The summed E-state index contributed by atoms with van der Waals surface area (Å²) >= 11 is 0. The molecule has 0 radical (unpaired) electrons. The SMILES string of the molecule is O=C(NCC1(C(=O)O)CCC1)c1cc(O)cc(O)c1. The number of aliphatic carboxylic acids is 1. The van der Waals surface area contributed by atoms with Crippen molar-refractivity contribution in [3.05, 3.63) is 23.8 Å². The molecule has 0 atom stereocenters. The Kier molecular flexibility index (Phi) is 3.33. The van der Waals surface area contributed by atoms with Crippen molar-refractivity contribution in [2.24, 2.45) is 5.41 Å². The zero-order chi connectivity index (χ0) is 14.0. The predicted octanol–water partition coefficient (Wildman–Crippen LogP) is 1.08. The number of hydrogen-bond donors (Lipinski definition) is 4. The van der Waals surface area contributed by atoms with E-state index in [1.54, 1.807) is 0 Å². The van der Waals surface area contributed by atoms with Crippen molar-refractivity contribution in [3.63, 3.8) is 0 Å². The normalized spacial score (nSPS) is 16.4. The smallest absolute Gasteiger partial charge is 0.311 e. The molecule has 1 aromatic rings. The van der Waals surface area contributed by atoms with Gasteiger partial charge in [0.05, 0.1) is 5.41 Å². The third-order valence-electron chi connectivity index (χ3n) is 3.52. The highest BCUT2D eigenvalue weighted by atomic mass is 16.4. The van der Waals surface area contributed by atoms with Crippen LogP contribution in [0.5, 0.6) is 11.5 Å². The first-order valence-corrected chi connectivity index (χ1v) is 5.98. The van der Waals surface area contributed by atoms with Crippen LogP contribution in [0.3, 0.4) is 0 Å². The van der Waals surface area contributed by atoms with Crippen LogP contribution in [0.25, 0.3) is 0 Å². The van der Waals surface area contributed by atoms with Crippen LogP contribution in [0.4, 0.5) is 0 Å². The Bertz CT molecular complexity index is 502. The summed E-state index contributed by atoms with van der Waals surface area (Å²) in [6, 6.07) is 3.54. The first-order valence-electron chi connectivity index (χ1n) is 5.98. The molecule has 1 fully saturated rings. The van der Waals surface area contributed by atoms with E-state index in [2.05, 4.69) is 5.32 Å². The van der Waals surface area contributed by atoms with Gasteiger partial charge in [0.2, 0.25) is 0 Å². The van der Waals surface area contributed by atoms with Crippen LogP contribution in [-0.2, 0) is 4.79 Å². The highest BCUT2D eigenvalue weighted by Gasteiger charge is 2.44. The number of phenolic OH excluding ortho intramolecular Hbond substituents is 2. The fraction of sp³-hybridized carbons (Fsp3) is 0.385. The number of rotatable bonds is 4. The molecule has 1 aromatic carbocycles. The summed E-state index contributed by atoms with van der Waals surface area (Å²) in [6.45, 7) is 0.0532. The second kappa shape index (κ2) is 4.79. The molecule has 0 aromatic heterocycles. The van der Waals surface area contributed by atoms with Crippen LogP contribution in [0.1, 0.15) is 29.6 Å². The second-order valence-electron chi connectivity index (χ2n) is 4.86. The average molecular weight is 265 g/mol. The van der Waals surface area contributed by atoms with E-state index in [9.17, 15) is 19.8 Å². The number of amides is 1. The number of carbonyl (C=O) groups excluding carboxylic acids is 1. The molecule has 0 bridgehead atoms. The number of aromatic hydroxyl groups is 2. The van der Waals surface area contributed by atoms with Gasteiger partial charge in [0.1, 0.15) is 11.5 Å². The molecule has 19 heavy (non-hydrogen) atoms. The van der Waals surface area contributed by atoms with Crippen molar-refractivity contribution in [2.75, 3.05) is 6.54 Å². The predicted molar refractivity (Wildman–Crippen MR) is 66.0 cm³/mol. The van der Waals surface area contributed by atoms with Gasteiger partial charge in [0, 0.05) is 18.2 Å². The molecule has 0 aliphatic heterocycles. The van der Waals surface area contributed by atoms with E-state index < -0.39 is 17.3 Å². The van der Waals surface area contributed by atoms with Gasteiger partial charge in [-0.15, -0.1) is 0 Å². The van der Waals surface area contributed by atoms with Crippen molar-refractivity contribution in [1.82, 2.24) is 5.32 Å². The summed E-state index contributed by atoms with van der Waals surface area (Å²) < 4.78 is 0. The number of nitrogens with one attached hydrogen (secondary N) is 1. The second-order valence-corrected chi connectivity index (χ2v) is 4.86. The summed E-state index contributed by atoms with van der Waals surface area (Å²) in [5, 5.41) is 30.2. The zero-order valence-electron chi connectivity index (χ0n) is 10.2. The molecule has 1 amide bonds. The Morgan fingerprint density at radius 3 is 2.16 bits per heavy atom. The molecule has 6 nitrogen and oxygen atoms in total. The Morgan fingerprint density at radius 1 is 1.16 bits per heavy atom. The fourth-order valence-electron chi connectivity index (χ4n) is 2.15. The van der Waals surface area contributed by atoms with Crippen LogP contribution in [0.15, 0.2) is 18.2 Å². The lowest BCUT2D eigenvalue weighted by Crippen LogP contribution is -2.47. The molecule has 0 unspecified atom stereocenters. The summed E-state index contributed by atoms with van der Waals surface area (Å²) in [5.41, 5.74) is -0.772. The molecule has 0 heterocycles. The molecule has 2 rings (SSSR count). The lowest BCUT2D eigenvalue weighted by atomic mass is 9.69. The molecule has 6 heteroatoms. The van der Waals surface area contributed by atoms with E-state index >= 15 is 0 Å². The molecular weight excluding hydrogens is 250 g/mol. The third kappa shape index (κ3) is 2.62. The monoisotopic (exact) mass is 265 g/mol. The van der Waals surface area contributed by atoms with Gasteiger partial charge >= 0.3 is 5.97 Å². The maximum absolute atomic E-state index is 11.8. The van der Waals surface area contributed by atoms with E-state index in [-0.39, 0.29) is 23.6 Å². The lowest BCUT2D eigenvalue weighted by Gasteiger charge is -2.37. The number of hydrogen-bond acceptors (Lipinski definition) is 4. The summed E-state index contributed by atoms with van der Waals surface area (Å²) in [6.07, 6.45) is 1.94. The van der Waals surface area contributed by atoms with Gasteiger partial charge in [0.25, 0.3) is 5.91 Å². The molecule has 1 saturated carbocycles. The molecule has 0 spiro atoms. The van der Waals surface area contributed by atoms with E-state index in [0.717, 1.165) is 12.5 Å². The first kappa shape index (κ1) is 13.2. The quantitative estimate of drug-likeness (QED) is 0.651. The van der Waals surface area contributed by atoms with Crippen molar-refractivity contribution in [1.29, 1.82) is 0 Å². The first-order chi connectivity index (χ1) is 8.93. The maximum Gasteiger partial charge on any atom is 0.311 e. The number of carboxylic acids is 1. The van der Waals surface area contributed by atoms with Crippen molar-refractivity contribution >= 4 is 11.9 Å². The van der Waals surface area contributed by atoms with E-state index in [0.29, 0.717) is 12.8 Å². The minimum Gasteiger partial charge on any atom is -0.508 e. The van der Waals surface area contributed by atoms with E-state index in [4.69, 9.17) is 5.11 Å². The highest BCUT2D eigenvalue weighted by Crippen LogP contribution is 2.40. The number of carboxylic acid groups (broad SMARTS) is 1. The lowest BCUT2D eigenvalue weighted by molar-refractivity contribution is -0.153. The van der Waals surface area contributed by atoms with Gasteiger partial charge in [-0.3, -0.25) is 9.59 Å². The third-order valence-corrected chi connectivity index (χ3v) is 3.52. The van der Waals surface area contributed by atoms with Crippen LogP contribution in [0.2, 0.25) is 0 Å². The van der Waals surface area contributed by atoms with E-state index in [1.165, 1.54) is 12.1 Å². The summed E-state index contributed by atoms with van der Waals surface area (Å²) in [4.78, 5) is 23.0. The summed E-state index contributed by atoms with van der Waals surface area (Å²) in [5.74, 6) is -1.86. The number of phenols is 2. The zero-order valence-corrected chi connectivity index (χ0v) is 10.2. The molecule has 102 valence electrons. The molecule has 0 saturated heterocycles. The maximum atomic E-state index is 11.8. The van der Waals surface area contributed by atoms with Crippen LogP contribution >= 0.6 is 0 Å². The van der Waals surface area contributed by atoms with Gasteiger partial charge in [-0.1, -0.05) is 6.42 Å². The largest absolute Gasteiger partial charge is 0.508 e. The standard InChI is InChI=1S/C13H15NO5/c15-9-4-8(5-10(16)6-9)11(17)14-7-13(12(18)19)2-1-3-13/h4-6,15-16H,1-3,7H2,(H,14,17)(H,18,19). The van der Waals surface area contributed by atoms with Gasteiger partial charge in [-0.25, -0.2) is 0 Å². The number of carbonyl (C=O) groups is 2. The van der Waals surface area contributed by atoms with Crippen LogP contribution < -0.4 is 5.32 Å². The Labute approximate surface area is 109 Å². The van der Waals surface area contributed by atoms with Crippen LogP contribution in [-0.4, -0.2) is 33.7 Å². The topological polar surface area (TPSA) is 107 Å². The van der Waals surface area contributed by atoms with Crippen molar-refractivity contribution in [3.8, 4) is 11.5 Å². The minimum atomic E-state index is -0.905. The Hall–Kier alpha value is -2.24. The van der Waals surface area contributed by atoms with Gasteiger partial charge < -0.3 is 20.6 Å². The molecule has 4 N–H and O–H groups in total. The molecular formula is C13H15NO5. The minimum absolute atomic E-state index is 0.0532. The van der Waals surface area contributed by atoms with Gasteiger partial charge in [-0.2, -0.15) is 0 Å². The highest BCUT2D eigenvalue weighted by molar-refractivity contribution is 5.95. The van der Waals surface area contributed by atoms with Crippen molar-refractivity contribution in [2.45, 2.75) is 19.3 Å². The van der Waals surface area contributed by atoms with Gasteiger partial charge in [-0.05, 0) is 25.0 Å². The Morgan fingerprint density at radius 2 is 1.74 bits per heavy atom. The Balaban J connectivity index is 2.03. The average Bonchev–Trinajstić information content (AvgIpc) is 2.25. The number of benzene rings is 1. The van der Waals surface area contributed by atoms with Crippen LogP contribution in [0, 0.1) is 5.41 Å². The van der Waals surface area contributed by atoms with E-state index in [1.807, 2.05) is 0 Å². The molecule has 1 aliphatic rings. The van der Waals surface area contributed by atoms with Gasteiger partial charge in [0.15, 0.2) is 0 Å². The molecule has 1 aliphatic carbocycles. The van der Waals surface area contributed by atoms with Crippen molar-refractivity contribution < 1.29 is 24.9 Å².